The third kappa shape index (κ3) is 2.72. The van der Waals surface area contributed by atoms with Crippen LogP contribution in [0.25, 0.3) is 0 Å². The number of carbonyl (C=O) groups is 1. The minimum absolute atomic E-state index is 0.0486. The van der Waals surface area contributed by atoms with Gasteiger partial charge in [-0.3, -0.25) is 4.79 Å². The number of nitrogens with one attached hydrogen (secondary N) is 1. The highest BCUT2D eigenvalue weighted by molar-refractivity contribution is 7.99. The molecule has 24 heavy (non-hydrogen) atoms. The summed E-state index contributed by atoms with van der Waals surface area (Å²) in [6.45, 7) is 1.53. The van der Waals surface area contributed by atoms with Crippen LogP contribution in [-0.4, -0.2) is 5.91 Å². The summed E-state index contributed by atoms with van der Waals surface area (Å²) < 4.78 is 0. The van der Waals surface area contributed by atoms with Gasteiger partial charge in [-0.1, -0.05) is 60.3 Å². The predicted molar refractivity (Wildman–Crippen MR) is 98.7 cm³/mol. The molecule has 0 saturated carbocycles. The molecule has 0 aliphatic carbocycles. The number of fused-ring (bicyclic) bond motifs is 2. The zero-order chi connectivity index (χ0) is 16.5. The third-order valence-electron chi connectivity index (χ3n) is 4.24. The molecule has 0 atom stereocenters. The maximum Gasteiger partial charge on any atom is 0.221 e. The summed E-state index contributed by atoms with van der Waals surface area (Å²) in [7, 11) is 0. The fourth-order valence-corrected chi connectivity index (χ4v) is 4.37. The van der Waals surface area contributed by atoms with Crippen LogP contribution in [0.15, 0.2) is 82.6 Å². The fraction of sp³-hybridized carbons (Fsp3) is 0.0952. The largest absolute Gasteiger partial charge is 0.326 e. The lowest BCUT2D eigenvalue weighted by molar-refractivity contribution is -0.114. The van der Waals surface area contributed by atoms with Crippen molar-refractivity contribution in [1.82, 2.24) is 0 Å². The van der Waals surface area contributed by atoms with Crippen LogP contribution in [0.3, 0.4) is 0 Å². The Bertz CT molecular complexity index is 856. The summed E-state index contributed by atoms with van der Waals surface area (Å²) in [5.74, 6) is 0.178. The second-order valence-corrected chi connectivity index (χ2v) is 7.00. The van der Waals surface area contributed by atoms with Gasteiger partial charge in [-0.05, 0) is 41.0 Å². The van der Waals surface area contributed by atoms with Crippen LogP contribution in [0.1, 0.15) is 29.5 Å². The highest BCUT2D eigenvalue weighted by Crippen LogP contribution is 2.48. The van der Waals surface area contributed by atoms with Crippen molar-refractivity contribution < 1.29 is 4.79 Å². The van der Waals surface area contributed by atoms with Gasteiger partial charge in [0.05, 0.1) is 0 Å². The lowest BCUT2D eigenvalue weighted by Crippen LogP contribution is -2.10. The molecule has 0 spiro atoms. The Hall–Kier alpha value is -2.52. The lowest BCUT2D eigenvalue weighted by atomic mass is 9.84. The number of anilines is 1. The van der Waals surface area contributed by atoms with Crippen molar-refractivity contribution in [1.29, 1.82) is 0 Å². The first-order valence-electron chi connectivity index (χ1n) is 7.95. The Kier molecular flexibility index (Phi) is 3.87. The smallest absolute Gasteiger partial charge is 0.221 e. The van der Waals surface area contributed by atoms with Crippen molar-refractivity contribution >= 4 is 23.4 Å². The molecule has 1 heterocycles. The standard InChI is InChI=1S/C21H17NOS/c1-14(23)22-16-12-10-15(11-13-16)21-17-6-2-4-8-19(17)24-20-9-5-3-7-18(20)21/h2-13,21H,1H3,(H,22,23). The Balaban J connectivity index is 1.81. The summed E-state index contributed by atoms with van der Waals surface area (Å²) in [6.07, 6.45) is 0. The van der Waals surface area contributed by atoms with E-state index < -0.39 is 0 Å². The van der Waals surface area contributed by atoms with Crippen molar-refractivity contribution in [3.05, 3.63) is 89.5 Å². The molecule has 1 aliphatic heterocycles. The predicted octanol–water partition coefficient (Wildman–Crippen LogP) is 5.29. The Morgan fingerprint density at radius 2 is 1.38 bits per heavy atom. The topological polar surface area (TPSA) is 29.1 Å². The van der Waals surface area contributed by atoms with Gasteiger partial charge in [-0.2, -0.15) is 0 Å². The highest BCUT2D eigenvalue weighted by Gasteiger charge is 2.26. The molecular formula is C21H17NOS. The average molecular weight is 331 g/mol. The molecule has 3 heteroatoms. The molecule has 0 fully saturated rings. The first-order valence-corrected chi connectivity index (χ1v) is 8.77. The zero-order valence-corrected chi connectivity index (χ0v) is 14.1. The molecule has 4 rings (SSSR count). The van der Waals surface area contributed by atoms with E-state index in [2.05, 4.69) is 66.0 Å². The monoisotopic (exact) mass is 331 g/mol. The zero-order valence-electron chi connectivity index (χ0n) is 13.3. The maximum atomic E-state index is 11.2. The minimum atomic E-state index is -0.0486. The van der Waals surface area contributed by atoms with E-state index >= 15 is 0 Å². The van der Waals surface area contributed by atoms with Crippen LogP contribution in [0, 0.1) is 0 Å². The molecule has 2 nitrogen and oxygen atoms in total. The van der Waals surface area contributed by atoms with Crippen molar-refractivity contribution in [3.8, 4) is 0 Å². The number of rotatable bonds is 2. The Morgan fingerprint density at radius 3 is 1.92 bits per heavy atom. The van der Waals surface area contributed by atoms with Crippen molar-refractivity contribution in [2.24, 2.45) is 0 Å². The minimum Gasteiger partial charge on any atom is -0.326 e. The highest BCUT2D eigenvalue weighted by atomic mass is 32.2. The molecule has 118 valence electrons. The molecule has 1 aliphatic rings. The average Bonchev–Trinajstić information content (AvgIpc) is 2.60. The van der Waals surface area contributed by atoms with Crippen LogP contribution < -0.4 is 5.32 Å². The molecule has 0 bridgehead atoms. The molecule has 0 saturated heterocycles. The van der Waals surface area contributed by atoms with Crippen LogP contribution in [-0.2, 0) is 4.79 Å². The number of benzene rings is 3. The normalized spacial score (nSPS) is 13.0. The van der Waals surface area contributed by atoms with Gasteiger partial charge in [0.15, 0.2) is 0 Å². The van der Waals surface area contributed by atoms with Gasteiger partial charge in [0, 0.05) is 28.3 Å². The van der Waals surface area contributed by atoms with E-state index in [1.807, 2.05) is 23.9 Å². The number of hydrogen-bond donors (Lipinski definition) is 1. The van der Waals surface area contributed by atoms with Gasteiger partial charge in [0.1, 0.15) is 0 Å². The summed E-state index contributed by atoms with van der Waals surface area (Å²) >= 11 is 1.84. The molecule has 0 radical (unpaired) electrons. The molecule has 1 N–H and O–H groups in total. The van der Waals surface area contributed by atoms with Gasteiger partial charge in [0.2, 0.25) is 5.91 Å². The van der Waals surface area contributed by atoms with Crippen LogP contribution in [0.5, 0.6) is 0 Å². The Labute approximate surface area is 145 Å². The number of amides is 1. The van der Waals surface area contributed by atoms with Gasteiger partial charge >= 0.3 is 0 Å². The van der Waals surface area contributed by atoms with Crippen LogP contribution in [0.4, 0.5) is 5.69 Å². The molecular weight excluding hydrogens is 314 g/mol. The van der Waals surface area contributed by atoms with Crippen LogP contribution >= 0.6 is 11.8 Å². The summed E-state index contributed by atoms with van der Waals surface area (Å²) in [4.78, 5) is 13.8. The van der Waals surface area contributed by atoms with E-state index in [1.165, 1.54) is 33.4 Å². The first-order chi connectivity index (χ1) is 11.7. The molecule has 0 unspecified atom stereocenters. The van der Waals surface area contributed by atoms with E-state index in [4.69, 9.17) is 0 Å². The third-order valence-corrected chi connectivity index (χ3v) is 5.43. The van der Waals surface area contributed by atoms with Gasteiger partial charge in [-0.25, -0.2) is 0 Å². The SMILES string of the molecule is CC(=O)Nc1ccc(C2c3ccccc3Sc3ccccc32)cc1. The molecule has 3 aromatic rings. The van der Waals surface area contributed by atoms with Gasteiger partial charge in [-0.15, -0.1) is 0 Å². The first kappa shape index (κ1) is 15.0. The number of carbonyl (C=O) groups excluding carboxylic acids is 1. The van der Waals surface area contributed by atoms with Crippen LogP contribution in [0.2, 0.25) is 0 Å². The fourth-order valence-electron chi connectivity index (χ4n) is 3.23. The van der Waals surface area contributed by atoms with E-state index in [0.29, 0.717) is 0 Å². The van der Waals surface area contributed by atoms with E-state index in [0.717, 1.165) is 5.69 Å². The second-order valence-electron chi connectivity index (χ2n) is 5.91. The van der Waals surface area contributed by atoms with Crippen molar-refractivity contribution in [2.45, 2.75) is 22.6 Å². The molecule has 0 aromatic heterocycles. The summed E-state index contributed by atoms with van der Waals surface area (Å²) in [5, 5.41) is 2.83. The van der Waals surface area contributed by atoms with E-state index in [9.17, 15) is 4.79 Å². The molecule has 1 amide bonds. The van der Waals surface area contributed by atoms with E-state index in [1.54, 1.807) is 0 Å². The quantitative estimate of drug-likeness (QED) is 0.541. The van der Waals surface area contributed by atoms with Crippen molar-refractivity contribution in [2.75, 3.05) is 5.32 Å². The summed E-state index contributed by atoms with van der Waals surface area (Å²) in [5.41, 5.74) is 4.75. The lowest BCUT2D eigenvalue weighted by Gasteiger charge is -2.28. The van der Waals surface area contributed by atoms with E-state index in [-0.39, 0.29) is 11.8 Å². The van der Waals surface area contributed by atoms with Gasteiger partial charge in [0.25, 0.3) is 0 Å². The van der Waals surface area contributed by atoms with Gasteiger partial charge < -0.3 is 5.32 Å². The van der Waals surface area contributed by atoms with Crippen molar-refractivity contribution in [3.63, 3.8) is 0 Å². The maximum absolute atomic E-state index is 11.2. The Morgan fingerprint density at radius 1 is 0.833 bits per heavy atom. The summed E-state index contributed by atoms with van der Waals surface area (Å²) in [6, 6.07) is 25.4. The number of hydrogen-bond acceptors (Lipinski definition) is 2. The molecule has 3 aromatic carbocycles. The second kappa shape index (κ2) is 6.17.